The third-order valence-corrected chi connectivity index (χ3v) is 3.76. The summed E-state index contributed by atoms with van der Waals surface area (Å²) in [5.41, 5.74) is 0.240. The molecule has 4 heteroatoms. The Hall–Kier alpha value is -1.29. The van der Waals surface area contributed by atoms with Crippen LogP contribution in [0.1, 0.15) is 55.1 Å². The van der Waals surface area contributed by atoms with Crippen LogP contribution in [0.25, 0.3) is 0 Å². The molecule has 0 aliphatic heterocycles. The van der Waals surface area contributed by atoms with Crippen LogP contribution in [0.15, 0.2) is 16.7 Å². The van der Waals surface area contributed by atoms with Gasteiger partial charge in [-0.05, 0) is 25.5 Å². The number of furan rings is 1. The van der Waals surface area contributed by atoms with E-state index in [1.807, 2.05) is 0 Å². The molecule has 100 valence electrons. The molecule has 0 unspecified atom stereocenters. The Morgan fingerprint density at radius 2 is 2.17 bits per heavy atom. The summed E-state index contributed by atoms with van der Waals surface area (Å²) in [7, 11) is 0. The fourth-order valence-electron chi connectivity index (χ4n) is 2.72. The van der Waals surface area contributed by atoms with E-state index < -0.39 is 5.97 Å². The van der Waals surface area contributed by atoms with E-state index in [-0.39, 0.29) is 5.56 Å². The summed E-state index contributed by atoms with van der Waals surface area (Å²) in [4.78, 5) is 13.2. The first kappa shape index (κ1) is 13.1. The summed E-state index contributed by atoms with van der Waals surface area (Å²) < 4.78 is 5.33. The van der Waals surface area contributed by atoms with Crippen molar-refractivity contribution in [2.75, 3.05) is 6.54 Å². The number of hydrogen-bond donors (Lipinski definition) is 1. The number of aromatic carboxylic acids is 1. The van der Waals surface area contributed by atoms with Gasteiger partial charge in [0.2, 0.25) is 0 Å². The molecule has 1 aromatic rings. The molecule has 0 radical (unpaired) electrons. The van der Waals surface area contributed by atoms with E-state index in [2.05, 4.69) is 11.8 Å². The van der Waals surface area contributed by atoms with Gasteiger partial charge in [0.1, 0.15) is 12.0 Å². The predicted octanol–water partition coefficient (Wildman–Crippen LogP) is 3.13. The zero-order chi connectivity index (χ0) is 13.0. The Balaban J connectivity index is 1.97. The summed E-state index contributed by atoms with van der Waals surface area (Å²) in [6, 6.07) is 2.26. The van der Waals surface area contributed by atoms with Crippen LogP contribution in [0.4, 0.5) is 0 Å². The lowest BCUT2D eigenvalue weighted by atomic mass is 9.94. The summed E-state index contributed by atoms with van der Waals surface area (Å²) in [6.45, 7) is 3.85. The van der Waals surface area contributed by atoms with Crippen LogP contribution in [0.3, 0.4) is 0 Å². The molecular formula is C14H21NO3. The summed E-state index contributed by atoms with van der Waals surface area (Å²) in [5.74, 6) is -0.175. The number of carbonyl (C=O) groups is 1. The fraction of sp³-hybridized carbons (Fsp3) is 0.643. The summed E-state index contributed by atoms with van der Waals surface area (Å²) in [5, 5.41) is 8.86. The molecule has 1 aromatic heterocycles. The van der Waals surface area contributed by atoms with Crippen molar-refractivity contribution in [3.8, 4) is 0 Å². The van der Waals surface area contributed by atoms with Crippen LogP contribution < -0.4 is 0 Å². The largest absolute Gasteiger partial charge is 0.478 e. The highest BCUT2D eigenvalue weighted by Crippen LogP contribution is 2.24. The molecule has 0 bridgehead atoms. The average Bonchev–Trinajstić information content (AvgIpc) is 2.86. The van der Waals surface area contributed by atoms with Crippen LogP contribution >= 0.6 is 0 Å². The highest BCUT2D eigenvalue weighted by Gasteiger charge is 2.21. The van der Waals surface area contributed by atoms with Crippen molar-refractivity contribution < 1.29 is 14.3 Å². The molecule has 0 amide bonds. The van der Waals surface area contributed by atoms with Crippen LogP contribution in [0.2, 0.25) is 0 Å². The minimum Gasteiger partial charge on any atom is -0.478 e. The predicted molar refractivity (Wildman–Crippen MR) is 68.6 cm³/mol. The van der Waals surface area contributed by atoms with E-state index >= 15 is 0 Å². The second-order valence-corrected chi connectivity index (χ2v) is 4.96. The van der Waals surface area contributed by atoms with Gasteiger partial charge >= 0.3 is 5.97 Å². The van der Waals surface area contributed by atoms with Gasteiger partial charge in [0.25, 0.3) is 0 Å². The van der Waals surface area contributed by atoms with Crippen molar-refractivity contribution in [3.05, 3.63) is 23.7 Å². The van der Waals surface area contributed by atoms with Gasteiger partial charge in [-0.1, -0.05) is 26.2 Å². The molecule has 1 aliphatic rings. The van der Waals surface area contributed by atoms with Crippen LogP contribution in [-0.4, -0.2) is 28.6 Å². The molecule has 1 fully saturated rings. The van der Waals surface area contributed by atoms with Crippen molar-refractivity contribution in [2.24, 2.45) is 0 Å². The van der Waals surface area contributed by atoms with E-state index in [0.29, 0.717) is 12.6 Å². The SMILES string of the molecule is CCN(Cc1cc(C(=O)O)co1)C1CCCCC1. The number of rotatable bonds is 5. The number of carboxylic acid groups (broad SMARTS) is 1. The van der Waals surface area contributed by atoms with Gasteiger partial charge in [-0.3, -0.25) is 4.90 Å². The van der Waals surface area contributed by atoms with Crippen molar-refractivity contribution in [1.29, 1.82) is 0 Å². The summed E-state index contributed by atoms with van der Waals surface area (Å²) in [6.07, 6.45) is 7.78. The van der Waals surface area contributed by atoms with Crippen LogP contribution in [0.5, 0.6) is 0 Å². The van der Waals surface area contributed by atoms with Crippen LogP contribution in [-0.2, 0) is 6.54 Å². The normalized spacial score (nSPS) is 17.2. The third kappa shape index (κ3) is 3.13. The standard InChI is InChI=1S/C14H21NO3/c1-2-15(12-6-4-3-5-7-12)9-13-8-11(10-18-13)14(16)17/h8,10,12H,2-7,9H2,1H3,(H,16,17). The molecule has 0 spiro atoms. The number of nitrogens with zero attached hydrogens (tertiary/aromatic N) is 1. The Morgan fingerprint density at radius 1 is 1.44 bits per heavy atom. The topological polar surface area (TPSA) is 53.7 Å². The maximum absolute atomic E-state index is 10.8. The molecule has 4 nitrogen and oxygen atoms in total. The Labute approximate surface area is 108 Å². The lowest BCUT2D eigenvalue weighted by Crippen LogP contribution is -2.35. The van der Waals surface area contributed by atoms with Gasteiger partial charge in [0, 0.05) is 6.04 Å². The van der Waals surface area contributed by atoms with E-state index in [9.17, 15) is 4.79 Å². The van der Waals surface area contributed by atoms with Gasteiger partial charge in [-0.25, -0.2) is 4.79 Å². The van der Waals surface area contributed by atoms with E-state index in [1.54, 1.807) is 6.07 Å². The first-order chi connectivity index (χ1) is 8.70. The van der Waals surface area contributed by atoms with Gasteiger partial charge in [-0.15, -0.1) is 0 Å². The first-order valence-corrected chi connectivity index (χ1v) is 6.75. The Bertz CT molecular complexity index is 393. The third-order valence-electron chi connectivity index (χ3n) is 3.76. The minimum absolute atomic E-state index is 0.240. The van der Waals surface area contributed by atoms with E-state index in [1.165, 1.54) is 38.4 Å². The molecule has 1 N–H and O–H groups in total. The molecule has 0 aromatic carbocycles. The van der Waals surface area contributed by atoms with Crippen molar-refractivity contribution in [3.63, 3.8) is 0 Å². The quantitative estimate of drug-likeness (QED) is 0.873. The number of carboxylic acids is 1. The molecular weight excluding hydrogens is 230 g/mol. The van der Waals surface area contributed by atoms with Gasteiger partial charge in [-0.2, -0.15) is 0 Å². The molecule has 1 aliphatic carbocycles. The molecule has 1 saturated carbocycles. The summed E-state index contributed by atoms with van der Waals surface area (Å²) >= 11 is 0. The maximum atomic E-state index is 10.8. The lowest BCUT2D eigenvalue weighted by molar-refractivity contribution is 0.0696. The van der Waals surface area contributed by atoms with Crippen molar-refractivity contribution in [2.45, 2.75) is 51.6 Å². The molecule has 0 saturated heterocycles. The average molecular weight is 251 g/mol. The highest BCUT2D eigenvalue weighted by molar-refractivity contribution is 5.87. The van der Waals surface area contributed by atoms with Gasteiger partial charge < -0.3 is 9.52 Å². The molecule has 1 heterocycles. The van der Waals surface area contributed by atoms with Gasteiger partial charge in [0.05, 0.1) is 12.1 Å². The Kier molecular flexibility index (Phi) is 4.42. The minimum atomic E-state index is -0.925. The van der Waals surface area contributed by atoms with Crippen LogP contribution in [0, 0.1) is 0 Å². The second-order valence-electron chi connectivity index (χ2n) is 4.96. The van der Waals surface area contributed by atoms with E-state index in [0.717, 1.165) is 12.3 Å². The highest BCUT2D eigenvalue weighted by atomic mass is 16.4. The molecule has 18 heavy (non-hydrogen) atoms. The van der Waals surface area contributed by atoms with Crippen molar-refractivity contribution in [1.82, 2.24) is 4.90 Å². The Morgan fingerprint density at radius 3 is 2.72 bits per heavy atom. The lowest BCUT2D eigenvalue weighted by Gasteiger charge is -2.32. The molecule has 2 rings (SSSR count). The van der Waals surface area contributed by atoms with E-state index in [4.69, 9.17) is 9.52 Å². The monoisotopic (exact) mass is 251 g/mol. The zero-order valence-corrected chi connectivity index (χ0v) is 10.9. The molecule has 0 atom stereocenters. The second kappa shape index (κ2) is 6.05. The van der Waals surface area contributed by atoms with Crippen molar-refractivity contribution >= 4 is 5.97 Å². The zero-order valence-electron chi connectivity index (χ0n) is 10.9. The first-order valence-electron chi connectivity index (χ1n) is 6.75. The van der Waals surface area contributed by atoms with Gasteiger partial charge in [0.15, 0.2) is 0 Å². The fourth-order valence-corrected chi connectivity index (χ4v) is 2.72. The number of hydrogen-bond acceptors (Lipinski definition) is 3. The maximum Gasteiger partial charge on any atom is 0.338 e. The smallest absolute Gasteiger partial charge is 0.338 e.